The average Bonchev–Trinajstić information content (AvgIpc) is 2.91. The molecule has 0 bridgehead atoms. The largest absolute Gasteiger partial charge is 0.445 e. The van der Waals surface area contributed by atoms with Gasteiger partial charge in [0, 0.05) is 13.7 Å². The van der Waals surface area contributed by atoms with Crippen molar-refractivity contribution in [3.8, 4) is 0 Å². The quantitative estimate of drug-likeness (QED) is 0.172. The second kappa shape index (κ2) is 18.1. The second-order valence-corrected chi connectivity index (χ2v) is 11.1. The smallest absolute Gasteiger partial charge is 0.408 e. The van der Waals surface area contributed by atoms with Crippen molar-refractivity contribution in [2.45, 2.75) is 103 Å². The Morgan fingerprint density at radius 2 is 1.75 bits per heavy atom. The van der Waals surface area contributed by atoms with E-state index in [9.17, 15) is 14.7 Å². The monoisotopic (exact) mass is 567 g/mol. The maximum atomic E-state index is 12.8. The van der Waals surface area contributed by atoms with Crippen LogP contribution in [0.25, 0.3) is 0 Å². The number of amides is 2. The van der Waals surface area contributed by atoms with Crippen LogP contribution in [0.5, 0.6) is 0 Å². The lowest BCUT2D eigenvalue weighted by Gasteiger charge is -2.35. The Morgan fingerprint density at radius 1 is 1.05 bits per heavy atom. The Morgan fingerprint density at radius 3 is 2.40 bits per heavy atom. The molecule has 1 aliphatic carbocycles. The van der Waals surface area contributed by atoms with Gasteiger partial charge in [-0.2, -0.15) is 0 Å². The first-order chi connectivity index (χ1) is 19.1. The molecule has 0 aliphatic heterocycles. The molecule has 0 spiro atoms. The van der Waals surface area contributed by atoms with Gasteiger partial charge in [-0.25, -0.2) is 9.59 Å². The van der Waals surface area contributed by atoms with E-state index >= 15 is 0 Å². The number of alkyl carbamates (subject to hydrolysis) is 2. The Kier molecular flexibility index (Phi) is 15.3. The third-order valence-electron chi connectivity index (χ3n) is 6.61. The molecular formula is C29H49N3O8. The summed E-state index contributed by atoms with van der Waals surface area (Å²) in [4.78, 5) is 24.8. The molecule has 4 atom stereocenters. The van der Waals surface area contributed by atoms with Crippen molar-refractivity contribution in [2.24, 2.45) is 5.92 Å². The molecule has 40 heavy (non-hydrogen) atoms. The molecule has 1 aromatic rings. The van der Waals surface area contributed by atoms with E-state index in [0.717, 1.165) is 31.2 Å². The van der Waals surface area contributed by atoms with E-state index in [1.165, 1.54) is 13.5 Å². The molecule has 1 fully saturated rings. The molecule has 0 heterocycles. The highest BCUT2D eigenvalue weighted by molar-refractivity contribution is 5.68. The first-order valence-electron chi connectivity index (χ1n) is 14.2. The van der Waals surface area contributed by atoms with E-state index in [1.54, 1.807) is 27.7 Å². The molecule has 4 N–H and O–H groups in total. The van der Waals surface area contributed by atoms with Crippen molar-refractivity contribution >= 4 is 12.2 Å². The van der Waals surface area contributed by atoms with Gasteiger partial charge >= 0.3 is 12.2 Å². The Balaban J connectivity index is 1.99. The third-order valence-corrected chi connectivity index (χ3v) is 6.61. The average molecular weight is 568 g/mol. The fraction of sp³-hybridized carbons (Fsp3) is 0.724. The number of aliphatic hydroxyl groups excluding tert-OH is 1. The minimum atomic E-state index is -1.04. The van der Waals surface area contributed by atoms with Gasteiger partial charge in [0.15, 0.2) is 6.29 Å². The minimum absolute atomic E-state index is 0.0708. The lowest BCUT2D eigenvalue weighted by molar-refractivity contribution is -0.204. The summed E-state index contributed by atoms with van der Waals surface area (Å²) >= 11 is 0. The summed E-state index contributed by atoms with van der Waals surface area (Å²) in [6.07, 6.45) is 2.72. The van der Waals surface area contributed by atoms with Crippen LogP contribution in [0, 0.1) is 5.92 Å². The lowest BCUT2D eigenvalue weighted by Crippen LogP contribution is -2.54. The minimum Gasteiger partial charge on any atom is -0.445 e. The van der Waals surface area contributed by atoms with Gasteiger partial charge in [0.05, 0.1) is 18.8 Å². The SMILES string of the molecule is COC(C)OCO[C@H]([C@H](CC1CCCCC1)NC(=O)OC(C)(C)C)[C@@H](O)CNCNC(=O)OCc1ccccc1. The van der Waals surface area contributed by atoms with Gasteiger partial charge < -0.3 is 39.4 Å². The number of methoxy groups -OCH3 is 1. The second-order valence-electron chi connectivity index (χ2n) is 11.1. The van der Waals surface area contributed by atoms with Crippen LogP contribution >= 0.6 is 0 Å². The standard InChI is InChI=1S/C29H49N3O8/c1-21(36-5)38-20-39-26(24(16-22-12-8-6-9-13-22)32-28(35)40-29(2,3)4)25(33)17-30-19-31-27(34)37-18-23-14-10-7-11-15-23/h7,10-11,14-15,21-22,24-26,30,33H,6,8-9,12-13,16-20H2,1-5H3,(H,31,34)(H,32,35)/t21?,24-,25-,26+/m0/s1. The summed E-state index contributed by atoms with van der Waals surface area (Å²) in [5, 5.41) is 19.7. The van der Waals surface area contributed by atoms with E-state index in [4.69, 9.17) is 23.7 Å². The van der Waals surface area contributed by atoms with Crippen LogP contribution in [-0.4, -0.2) is 74.6 Å². The van der Waals surface area contributed by atoms with E-state index < -0.39 is 42.3 Å². The fourth-order valence-electron chi connectivity index (χ4n) is 4.54. The van der Waals surface area contributed by atoms with E-state index in [0.29, 0.717) is 12.3 Å². The van der Waals surface area contributed by atoms with Gasteiger partial charge in [-0.05, 0) is 45.6 Å². The number of rotatable bonds is 16. The van der Waals surface area contributed by atoms with Gasteiger partial charge in [0.1, 0.15) is 25.1 Å². The van der Waals surface area contributed by atoms with Gasteiger partial charge in [-0.1, -0.05) is 62.4 Å². The molecule has 228 valence electrons. The highest BCUT2D eigenvalue weighted by Crippen LogP contribution is 2.29. The Bertz CT molecular complexity index is 845. The number of aliphatic hydroxyl groups is 1. The third kappa shape index (κ3) is 14.3. The van der Waals surface area contributed by atoms with Gasteiger partial charge in [0.25, 0.3) is 0 Å². The van der Waals surface area contributed by atoms with Crippen molar-refractivity contribution < 1.29 is 38.4 Å². The topological polar surface area (TPSA) is 137 Å². The summed E-state index contributed by atoms with van der Waals surface area (Å²) in [5.41, 5.74) is 0.209. The zero-order valence-corrected chi connectivity index (χ0v) is 24.6. The number of carbonyl (C=O) groups excluding carboxylic acids is 2. The fourth-order valence-corrected chi connectivity index (χ4v) is 4.54. The maximum Gasteiger partial charge on any atom is 0.408 e. The number of ether oxygens (including phenoxy) is 5. The van der Waals surface area contributed by atoms with Crippen molar-refractivity contribution in [3.05, 3.63) is 35.9 Å². The molecule has 0 radical (unpaired) electrons. The number of carbonyl (C=O) groups is 2. The van der Waals surface area contributed by atoms with E-state index in [1.807, 2.05) is 30.3 Å². The van der Waals surface area contributed by atoms with E-state index in [2.05, 4.69) is 16.0 Å². The highest BCUT2D eigenvalue weighted by Gasteiger charge is 2.34. The van der Waals surface area contributed by atoms with Gasteiger partial charge in [0.2, 0.25) is 0 Å². The highest BCUT2D eigenvalue weighted by atomic mass is 16.7. The zero-order chi connectivity index (χ0) is 29.4. The summed E-state index contributed by atoms with van der Waals surface area (Å²) in [6, 6.07) is 8.85. The molecule has 2 rings (SSSR count). The summed E-state index contributed by atoms with van der Waals surface area (Å²) in [6.45, 7) is 7.30. The van der Waals surface area contributed by atoms with Crippen molar-refractivity contribution in [3.63, 3.8) is 0 Å². The zero-order valence-electron chi connectivity index (χ0n) is 24.6. The maximum absolute atomic E-state index is 12.8. The molecule has 1 aromatic carbocycles. The van der Waals surface area contributed by atoms with Gasteiger partial charge in [-0.15, -0.1) is 0 Å². The molecule has 11 heteroatoms. The Hall–Kier alpha value is -2.44. The molecule has 1 saturated carbocycles. The van der Waals surface area contributed by atoms with Crippen LogP contribution < -0.4 is 16.0 Å². The first-order valence-corrected chi connectivity index (χ1v) is 14.2. The number of benzene rings is 1. The molecule has 2 amide bonds. The summed E-state index contributed by atoms with van der Waals surface area (Å²) < 4.78 is 27.4. The molecular weight excluding hydrogens is 518 g/mol. The molecule has 11 nitrogen and oxygen atoms in total. The van der Waals surface area contributed by atoms with Crippen molar-refractivity contribution in [1.29, 1.82) is 0 Å². The first kappa shape index (κ1) is 33.8. The van der Waals surface area contributed by atoms with Gasteiger partial charge in [-0.3, -0.25) is 5.32 Å². The number of hydrogen-bond donors (Lipinski definition) is 4. The number of nitrogens with one attached hydrogen (secondary N) is 3. The van der Waals surface area contributed by atoms with Crippen LogP contribution in [0.2, 0.25) is 0 Å². The normalized spacial score (nSPS) is 17.4. The van der Waals surface area contributed by atoms with Crippen LogP contribution in [0.3, 0.4) is 0 Å². The van der Waals surface area contributed by atoms with Crippen LogP contribution in [-0.2, 0) is 30.3 Å². The molecule has 1 aliphatic rings. The van der Waals surface area contributed by atoms with Crippen LogP contribution in [0.4, 0.5) is 9.59 Å². The lowest BCUT2D eigenvalue weighted by atomic mass is 9.83. The molecule has 0 aromatic heterocycles. The molecule has 0 saturated heterocycles. The van der Waals surface area contributed by atoms with E-state index in [-0.39, 0.29) is 26.6 Å². The van der Waals surface area contributed by atoms with Crippen LogP contribution in [0.1, 0.15) is 71.8 Å². The Labute approximate surface area is 238 Å². The summed E-state index contributed by atoms with van der Waals surface area (Å²) in [5.74, 6) is 0.389. The summed E-state index contributed by atoms with van der Waals surface area (Å²) in [7, 11) is 1.52. The predicted octanol–water partition coefficient (Wildman–Crippen LogP) is 4.04. The van der Waals surface area contributed by atoms with Crippen molar-refractivity contribution in [1.82, 2.24) is 16.0 Å². The predicted molar refractivity (Wildman–Crippen MR) is 150 cm³/mol. The van der Waals surface area contributed by atoms with Crippen LogP contribution in [0.15, 0.2) is 30.3 Å². The van der Waals surface area contributed by atoms with Crippen molar-refractivity contribution in [2.75, 3.05) is 27.1 Å². The molecule has 1 unspecified atom stereocenters. The number of hydrogen-bond acceptors (Lipinski definition) is 9.